The Balaban J connectivity index is 1.75. The molecule has 18 heavy (non-hydrogen) atoms. The van der Waals surface area contributed by atoms with Gasteiger partial charge in [-0.15, -0.1) is 0 Å². The van der Waals surface area contributed by atoms with Crippen LogP contribution >= 0.6 is 0 Å². The molecule has 0 spiro atoms. The van der Waals surface area contributed by atoms with Crippen molar-refractivity contribution in [2.45, 2.75) is 25.3 Å². The van der Waals surface area contributed by atoms with Crippen LogP contribution in [0, 0.1) is 0 Å². The minimum atomic E-state index is -0.170. The van der Waals surface area contributed by atoms with Crippen LogP contribution < -0.4 is 10.9 Å². The highest BCUT2D eigenvalue weighted by Crippen LogP contribution is 2.22. The molecule has 2 N–H and O–H groups in total. The largest absolute Gasteiger partial charge is 0.381 e. The number of hydrogen-bond acceptors (Lipinski definition) is 3. The van der Waals surface area contributed by atoms with E-state index >= 15 is 0 Å². The number of nitrogens with zero attached hydrogens (tertiary/aromatic N) is 1. The Bertz CT molecular complexity index is 606. The zero-order chi connectivity index (χ0) is 12.4. The average Bonchev–Trinajstić information content (AvgIpc) is 2.39. The highest BCUT2D eigenvalue weighted by atomic mass is 16.1. The zero-order valence-corrected chi connectivity index (χ0v) is 10.0. The fraction of sp³-hybridized carbons (Fsp3) is 0.286. The molecular formula is C14H15N3O. The van der Waals surface area contributed by atoms with Gasteiger partial charge in [-0.3, -0.25) is 4.79 Å². The highest BCUT2D eigenvalue weighted by Gasteiger charge is 2.17. The molecule has 1 unspecified atom stereocenters. The van der Waals surface area contributed by atoms with Gasteiger partial charge in [-0.2, -0.15) is 5.10 Å². The van der Waals surface area contributed by atoms with Crippen molar-refractivity contribution in [2.24, 2.45) is 0 Å². The van der Waals surface area contributed by atoms with Crippen LogP contribution in [0.2, 0.25) is 0 Å². The molecule has 0 radical (unpaired) electrons. The third-order valence-electron chi connectivity index (χ3n) is 3.38. The van der Waals surface area contributed by atoms with Crippen molar-refractivity contribution < 1.29 is 0 Å². The molecule has 1 aliphatic rings. The first-order chi connectivity index (χ1) is 8.81. The first-order valence-corrected chi connectivity index (χ1v) is 6.19. The standard InChI is InChI=1S/C14H15N3O/c18-14-8-13(9-15-17-14)16-12-6-5-10-3-1-2-4-11(10)7-12/h1-4,8-9,12H,5-7H2,(H2,16,17,18). The van der Waals surface area contributed by atoms with Gasteiger partial charge in [-0.05, 0) is 30.4 Å². The molecule has 0 amide bonds. The van der Waals surface area contributed by atoms with Crippen LogP contribution in [-0.2, 0) is 12.8 Å². The molecule has 1 aliphatic carbocycles. The molecule has 0 aliphatic heterocycles. The van der Waals surface area contributed by atoms with Crippen molar-refractivity contribution in [1.29, 1.82) is 0 Å². The van der Waals surface area contributed by atoms with Gasteiger partial charge < -0.3 is 5.32 Å². The SMILES string of the molecule is O=c1cc(NC2CCc3ccccc3C2)cn[nH]1. The van der Waals surface area contributed by atoms with Crippen LogP contribution in [0.1, 0.15) is 17.5 Å². The van der Waals surface area contributed by atoms with Crippen molar-refractivity contribution in [3.05, 3.63) is 58.0 Å². The van der Waals surface area contributed by atoms with Crippen molar-refractivity contribution in [2.75, 3.05) is 5.32 Å². The maximum atomic E-state index is 11.2. The summed E-state index contributed by atoms with van der Waals surface area (Å²) < 4.78 is 0. The normalized spacial score (nSPS) is 18.1. The van der Waals surface area contributed by atoms with Gasteiger partial charge >= 0.3 is 0 Å². The average molecular weight is 241 g/mol. The fourth-order valence-electron chi connectivity index (χ4n) is 2.51. The first kappa shape index (κ1) is 11.0. The van der Waals surface area contributed by atoms with Crippen molar-refractivity contribution in [3.63, 3.8) is 0 Å². The number of aryl methyl sites for hydroxylation is 1. The minimum absolute atomic E-state index is 0.170. The predicted octanol–water partition coefficient (Wildman–Crippen LogP) is 1.74. The number of aromatic nitrogens is 2. The molecule has 3 rings (SSSR count). The monoisotopic (exact) mass is 241 g/mol. The van der Waals surface area contributed by atoms with E-state index in [1.165, 1.54) is 11.1 Å². The molecule has 1 heterocycles. The molecule has 0 bridgehead atoms. The van der Waals surface area contributed by atoms with Crippen LogP contribution in [0.25, 0.3) is 0 Å². The lowest BCUT2D eigenvalue weighted by Crippen LogP contribution is -2.28. The molecule has 0 fully saturated rings. The number of anilines is 1. The number of hydrogen-bond donors (Lipinski definition) is 2. The smallest absolute Gasteiger partial charge is 0.266 e. The Morgan fingerprint density at radius 1 is 1.28 bits per heavy atom. The van der Waals surface area contributed by atoms with Crippen LogP contribution in [-0.4, -0.2) is 16.2 Å². The number of H-pyrrole nitrogens is 1. The van der Waals surface area contributed by atoms with E-state index in [2.05, 4.69) is 39.8 Å². The third-order valence-corrected chi connectivity index (χ3v) is 3.38. The van der Waals surface area contributed by atoms with E-state index in [9.17, 15) is 4.79 Å². The highest BCUT2D eigenvalue weighted by molar-refractivity contribution is 5.42. The Morgan fingerprint density at radius 3 is 2.94 bits per heavy atom. The summed E-state index contributed by atoms with van der Waals surface area (Å²) >= 11 is 0. The van der Waals surface area contributed by atoms with Gasteiger partial charge in [0.2, 0.25) is 0 Å². The number of benzene rings is 1. The van der Waals surface area contributed by atoms with Gasteiger partial charge in [0.15, 0.2) is 0 Å². The molecule has 1 aromatic heterocycles. The van der Waals surface area contributed by atoms with Crippen LogP contribution in [0.3, 0.4) is 0 Å². The molecule has 0 saturated heterocycles. The Labute approximate surface area is 105 Å². The van der Waals surface area contributed by atoms with Crippen molar-refractivity contribution >= 4 is 5.69 Å². The summed E-state index contributed by atoms with van der Waals surface area (Å²) in [4.78, 5) is 11.2. The van der Waals surface area contributed by atoms with E-state index in [0.717, 1.165) is 24.9 Å². The summed E-state index contributed by atoms with van der Waals surface area (Å²) in [7, 11) is 0. The van der Waals surface area contributed by atoms with Gasteiger partial charge in [0, 0.05) is 12.1 Å². The number of rotatable bonds is 2. The summed E-state index contributed by atoms with van der Waals surface area (Å²) in [5.74, 6) is 0. The van der Waals surface area contributed by atoms with Gasteiger partial charge in [0.1, 0.15) is 0 Å². The Kier molecular flexibility index (Phi) is 2.84. The molecule has 2 aromatic rings. The minimum Gasteiger partial charge on any atom is -0.381 e. The molecule has 4 heteroatoms. The van der Waals surface area contributed by atoms with E-state index in [-0.39, 0.29) is 5.56 Å². The second kappa shape index (κ2) is 4.64. The summed E-state index contributed by atoms with van der Waals surface area (Å²) in [6, 6.07) is 10.5. The van der Waals surface area contributed by atoms with E-state index < -0.39 is 0 Å². The topological polar surface area (TPSA) is 57.8 Å². The molecular weight excluding hydrogens is 226 g/mol. The first-order valence-electron chi connectivity index (χ1n) is 6.19. The van der Waals surface area contributed by atoms with Gasteiger partial charge in [0.25, 0.3) is 5.56 Å². The summed E-state index contributed by atoms with van der Waals surface area (Å²) in [6.07, 6.45) is 4.83. The van der Waals surface area contributed by atoms with E-state index in [1.54, 1.807) is 12.3 Å². The predicted molar refractivity (Wildman–Crippen MR) is 70.7 cm³/mol. The Hall–Kier alpha value is -2.10. The second-order valence-electron chi connectivity index (χ2n) is 4.69. The van der Waals surface area contributed by atoms with Gasteiger partial charge in [-0.25, -0.2) is 5.10 Å². The summed E-state index contributed by atoms with van der Waals surface area (Å²) in [5, 5.41) is 9.55. The van der Waals surface area contributed by atoms with Crippen LogP contribution in [0.15, 0.2) is 41.3 Å². The quantitative estimate of drug-likeness (QED) is 0.842. The van der Waals surface area contributed by atoms with Crippen molar-refractivity contribution in [1.82, 2.24) is 10.2 Å². The third kappa shape index (κ3) is 2.27. The molecule has 4 nitrogen and oxygen atoms in total. The lowest BCUT2D eigenvalue weighted by Gasteiger charge is -2.26. The summed E-state index contributed by atoms with van der Waals surface area (Å²) in [6.45, 7) is 0. The van der Waals surface area contributed by atoms with Gasteiger partial charge in [-0.1, -0.05) is 24.3 Å². The Morgan fingerprint density at radius 2 is 2.11 bits per heavy atom. The maximum Gasteiger partial charge on any atom is 0.266 e. The van der Waals surface area contributed by atoms with Crippen LogP contribution in [0.4, 0.5) is 5.69 Å². The number of nitrogens with one attached hydrogen (secondary N) is 2. The molecule has 1 aromatic carbocycles. The number of fused-ring (bicyclic) bond motifs is 1. The number of aromatic amines is 1. The zero-order valence-electron chi connectivity index (χ0n) is 10.0. The summed E-state index contributed by atoms with van der Waals surface area (Å²) in [5.41, 5.74) is 3.47. The van der Waals surface area contributed by atoms with Crippen LogP contribution in [0.5, 0.6) is 0 Å². The van der Waals surface area contributed by atoms with Gasteiger partial charge in [0.05, 0.1) is 11.9 Å². The lowest BCUT2D eigenvalue weighted by molar-refractivity contribution is 0.610. The molecule has 92 valence electrons. The molecule has 1 atom stereocenters. The van der Waals surface area contributed by atoms with E-state index in [4.69, 9.17) is 0 Å². The van der Waals surface area contributed by atoms with E-state index in [1.807, 2.05) is 0 Å². The maximum absolute atomic E-state index is 11.2. The van der Waals surface area contributed by atoms with E-state index in [0.29, 0.717) is 6.04 Å². The fourth-order valence-corrected chi connectivity index (χ4v) is 2.51. The lowest BCUT2D eigenvalue weighted by atomic mass is 9.88. The second-order valence-corrected chi connectivity index (χ2v) is 4.69. The molecule has 0 saturated carbocycles. The van der Waals surface area contributed by atoms with Crippen molar-refractivity contribution in [3.8, 4) is 0 Å².